The number of hydrogen-bond donors (Lipinski definition) is 2. The summed E-state index contributed by atoms with van der Waals surface area (Å²) in [5.41, 5.74) is 1.88. The smallest absolute Gasteiger partial charge is 0.328 e. The maximum atomic E-state index is 12.5. The molecule has 1 aromatic heterocycles. The molecule has 2 N–H and O–H groups in total. The molecule has 1 heterocycles. The molecule has 0 saturated heterocycles. The molecule has 0 spiro atoms. The molecule has 7 heteroatoms. The van der Waals surface area contributed by atoms with Crippen molar-refractivity contribution in [3.05, 3.63) is 40.8 Å². The molecule has 0 radical (unpaired) electrons. The van der Waals surface area contributed by atoms with Gasteiger partial charge in [0.15, 0.2) is 0 Å². The summed E-state index contributed by atoms with van der Waals surface area (Å²) in [5, 5.41) is 12.1. The minimum Gasteiger partial charge on any atom is -0.481 e. The molecule has 0 aliphatic heterocycles. The molecule has 3 rings (SSSR count). The summed E-state index contributed by atoms with van der Waals surface area (Å²) in [6.45, 7) is 0. The van der Waals surface area contributed by atoms with Gasteiger partial charge in [0.2, 0.25) is 5.91 Å². The fraction of sp³-hybridized carbons (Fsp3) is 0.353. The number of hydrogen-bond acceptors (Lipinski definition) is 3. The quantitative estimate of drug-likeness (QED) is 0.834. The Morgan fingerprint density at radius 1 is 1.08 bits per heavy atom. The van der Waals surface area contributed by atoms with Crippen molar-refractivity contribution < 1.29 is 14.7 Å². The molecule has 24 heavy (non-hydrogen) atoms. The van der Waals surface area contributed by atoms with Gasteiger partial charge in [0.1, 0.15) is 0 Å². The molecule has 1 aliphatic rings. The van der Waals surface area contributed by atoms with E-state index in [1.165, 1.54) is 9.13 Å². The van der Waals surface area contributed by atoms with Crippen LogP contribution in [0.25, 0.3) is 11.0 Å². The largest absolute Gasteiger partial charge is 0.481 e. The zero-order valence-corrected chi connectivity index (χ0v) is 13.5. The highest BCUT2D eigenvalue weighted by molar-refractivity contribution is 5.97. The van der Waals surface area contributed by atoms with Gasteiger partial charge in [0, 0.05) is 19.8 Å². The number of amides is 1. The van der Waals surface area contributed by atoms with Crippen molar-refractivity contribution in [3.63, 3.8) is 0 Å². The molecule has 2 atom stereocenters. The number of aliphatic carboxylic acids is 1. The van der Waals surface area contributed by atoms with E-state index in [2.05, 4.69) is 5.32 Å². The zero-order chi connectivity index (χ0) is 17.4. The predicted molar refractivity (Wildman–Crippen MR) is 89.8 cm³/mol. The lowest BCUT2D eigenvalue weighted by molar-refractivity contribution is -0.146. The molecule has 126 valence electrons. The molecule has 7 nitrogen and oxygen atoms in total. The third kappa shape index (κ3) is 2.62. The number of fused-ring (bicyclic) bond motifs is 1. The molecule has 2 aromatic rings. The van der Waals surface area contributed by atoms with Crippen LogP contribution in [0.15, 0.2) is 35.1 Å². The van der Waals surface area contributed by atoms with Gasteiger partial charge in [-0.3, -0.25) is 18.7 Å². The molecule has 0 bridgehead atoms. The number of carboxylic acid groups (broad SMARTS) is 1. The molecule has 0 saturated carbocycles. The van der Waals surface area contributed by atoms with Gasteiger partial charge in [-0.15, -0.1) is 0 Å². The van der Waals surface area contributed by atoms with Crippen LogP contribution in [0.5, 0.6) is 0 Å². The summed E-state index contributed by atoms with van der Waals surface area (Å²) in [5.74, 6) is -2.57. The Balaban J connectivity index is 1.88. The highest BCUT2D eigenvalue weighted by Crippen LogP contribution is 2.27. The third-order valence-corrected chi connectivity index (χ3v) is 4.63. The maximum absolute atomic E-state index is 12.5. The van der Waals surface area contributed by atoms with Crippen LogP contribution < -0.4 is 11.0 Å². The first kappa shape index (κ1) is 16.0. The molecular weight excluding hydrogens is 310 g/mol. The minimum atomic E-state index is -0.958. The zero-order valence-electron chi connectivity index (χ0n) is 13.5. The lowest BCUT2D eigenvalue weighted by Crippen LogP contribution is -2.34. The fourth-order valence-electron chi connectivity index (χ4n) is 3.20. The van der Waals surface area contributed by atoms with Gasteiger partial charge < -0.3 is 10.4 Å². The number of benzene rings is 1. The fourth-order valence-corrected chi connectivity index (χ4v) is 3.20. The lowest BCUT2D eigenvalue weighted by atomic mass is 9.82. The van der Waals surface area contributed by atoms with Gasteiger partial charge in [0.25, 0.3) is 0 Å². The van der Waals surface area contributed by atoms with Crippen LogP contribution in [0.3, 0.4) is 0 Å². The number of nitrogens with one attached hydrogen (secondary N) is 1. The third-order valence-electron chi connectivity index (χ3n) is 4.63. The maximum Gasteiger partial charge on any atom is 0.328 e. The molecule has 1 amide bonds. The number of aromatic nitrogens is 2. The summed E-state index contributed by atoms with van der Waals surface area (Å²) in [6, 6.07) is 5.21. The Bertz CT molecular complexity index is 906. The van der Waals surface area contributed by atoms with Crippen LogP contribution in [0.2, 0.25) is 0 Å². The molecule has 1 aliphatic carbocycles. The molecule has 0 fully saturated rings. The van der Waals surface area contributed by atoms with E-state index in [9.17, 15) is 19.5 Å². The van der Waals surface area contributed by atoms with E-state index in [-0.39, 0.29) is 11.6 Å². The number of imidazole rings is 1. The Labute approximate surface area is 138 Å². The van der Waals surface area contributed by atoms with E-state index in [1.807, 2.05) is 6.08 Å². The monoisotopic (exact) mass is 329 g/mol. The molecular formula is C17H19N3O4. The van der Waals surface area contributed by atoms with E-state index >= 15 is 0 Å². The summed E-state index contributed by atoms with van der Waals surface area (Å²) in [4.78, 5) is 35.8. The lowest BCUT2D eigenvalue weighted by Gasteiger charge is -2.24. The minimum absolute atomic E-state index is 0.142. The molecule has 0 unspecified atom stereocenters. The van der Waals surface area contributed by atoms with Crippen molar-refractivity contribution in [1.29, 1.82) is 0 Å². The average molecular weight is 329 g/mol. The summed E-state index contributed by atoms with van der Waals surface area (Å²) < 4.78 is 3.04. The highest BCUT2D eigenvalue weighted by atomic mass is 16.4. The number of nitrogens with zero attached hydrogens (tertiary/aromatic N) is 2. The van der Waals surface area contributed by atoms with Crippen molar-refractivity contribution in [2.45, 2.75) is 12.8 Å². The number of carbonyl (C=O) groups is 2. The van der Waals surface area contributed by atoms with Crippen molar-refractivity contribution in [1.82, 2.24) is 9.13 Å². The first-order valence-corrected chi connectivity index (χ1v) is 7.74. The predicted octanol–water partition coefficient (Wildman–Crippen LogP) is 1.48. The second-order valence-corrected chi connectivity index (χ2v) is 6.09. The highest BCUT2D eigenvalue weighted by Gasteiger charge is 2.33. The number of rotatable bonds is 3. The van der Waals surface area contributed by atoms with Gasteiger partial charge >= 0.3 is 11.7 Å². The standard InChI is InChI=1S/C17H19N3O4/c1-19-13-8-7-10(9-14(13)20(2)17(19)24)18-15(21)11-5-3-4-6-12(11)16(22)23/h3-4,7-9,11-12H,5-6H2,1-2H3,(H,18,21)(H,22,23)/t11-,12-/m0/s1. The Kier molecular flexibility index (Phi) is 4.01. The number of allylic oxidation sites excluding steroid dienone is 2. The normalized spacial score (nSPS) is 20.2. The number of carbonyl (C=O) groups excluding carboxylic acids is 1. The van der Waals surface area contributed by atoms with Gasteiger partial charge in [-0.2, -0.15) is 0 Å². The summed E-state index contributed by atoms with van der Waals surface area (Å²) in [6.07, 6.45) is 4.41. The van der Waals surface area contributed by atoms with E-state index in [0.29, 0.717) is 24.0 Å². The molecule has 1 aromatic carbocycles. The second kappa shape index (κ2) is 5.99. The van der Waals surface area contributed by atoms with Crippen molar-refractivity contribution in [2.24, 2.45) is 25.9 Å². The first-order valence-electron chi connectivity index (χ1n) is 7.74. The van der Waals surface area contributed by atoms with Crippen LogP contribution in [0, 0.1) is 11.8 Å². The van der Waals surface area contributed by atoms with Gasteiger partial charge in [-0.25, -0.2) is 4.79 Å². The Morgan fingerprint density at radius 2 is 1.71 bits per heavy atom. The van der Waals surface area contributed by atoms with Crippen LogP contribution >= 0.6 is 0 Å². The van der Waals surface area contributed by atoms with Crippen molar-refractivity contribution >= 4 is 28.6 Å². The number of aryl methyl sites for hydroxylation is 2. The van der Waals surface area contributed by atoms with Gasteiger partial charge in [-0.05, 0) is 31.0 Å². The first-order chi connectivity index (χ1) is 11.4. The van der Waals surface area contributed by atoms with Crippen molar-refractivity contribution in [2.75, 3.05) is 5.32 Å². The van der Waals surface area contributed by atoms with Crippen molar-refractivity contribution in [3.8, 4) is 0 Å². The Hall–Kier alpha value is -2.83. The van der Waals surface area contributed by atoms with Crippen LogP contribution in [-0.2, 0) is 23.7 Å². The Morgan fingerprint density at radius 3 is 2.38 bits per heavy atom. The summed E-state index contributed by atoms with van der Waals surface area (Å²) in [7, 11) is 3.36. The van der Waals surface area contributed by atoms with Crippen LogP contribution in [0.4, 0.5) is 5.69 Å². The van der Waals surface area contributed by atoms with Crippen LogP contribution in [0.1, 0.15) is 12.8 Å². The van der Waals surface area contributed by atoms with Gasteiger partial charge in [-0.1, -0.05) is 12.2 Å². The number of anilines is 1. The van der Waals surface area contributed by atoms with Gasteiger partial charge in [0.05, 0.1) is 22.9 Å². The topological polar surface area (TPSA) is 93.3 Å². The summed E-state index contributed by atoms with van der Waals surface area (Å²) >= 11 is 0. The number of carboxylic acids is 1. The van der Waals surface area contributed by atoms with E-state index < -0.39 is 17.8 Å². The van der Waals surface area contributed by atoms with E-state index in [1.54, 1.807) is 38.4 Å². The van der Waals surface area contributed by atoms with E-state index in [4.69, 9.17) is 0 Å². The van der Waals surface area contributed by atoms with Crippen LogP contribution in [-0.4, -0.2) is 26.1 Å². The van der Waals surface area contributed by atoms with E-state index in [0.717, 1.165) is 5.52 Å². The SMILES string of the molecule is Cn1c(=O)n(C)c2cc(NC(=O)[C@H]3CC=CC[C@@H]3C(=O)O)ccc21. The second-order valence-electron chi connectivity index (χ2n) is 6.09. The average Bonchev–Trinajstić information content (AvgIpc) is 2.79.